The van der Waals surface area contributed by atoms with Gasteiger partial charge in [0.2, 0.25) is 0 Å². The van der Waals surface area contributed by atoms with Crippen LogP contribution in [0.4, 0.5) is 0 Å². The van der Waals surface area contributed by atoms with Crippen molar-refractivity contribution >= 4 is 5.71 Å². The molecule has 0 aromatic carbocycles. The van der Waals surface area contributed by atoms with Crippen molar-refractivity contribution in [3.8, 4) is 0 Å². The normalized spacial score (nSPS) is 13.9. The first-order chi connectivity index (χ1) is 6.67. The second kappa shape index (κ2) is 5.34. The highest BCUT2D eigenvalue weighted by Crippen LogP contribution is 2.27. The molecule has 0 aromatic heterocycles. The molecule has 0 rings (SSSR count). The summed E-state index contributed by atoms with van der Waals surface area (Å²) in [4.78, 5) is 5.19. The molecule has 0 aromatic rings. The van der Waals surface area contributed by atoms with Crippen LogP contribution in [-0.4, -0.2) is 12.3 Å². The van der Waals surface area contributed by atoms with Crippen molar-refractivity contribution in [1.82, 2.24) is 0 Å². The van der Waals surface area contributed by atoms with Gasteiger partial charge in [-0.1, -0.05) is 59.4 Å². The van der Waals surface area contributed by atoms with Gasteiger partial charge in [-0.15, -0.1) is 0 Å². The fourth-order valence-electron chi connectivity index (χ4n) is 1.10. The zero-order valence-electron chi connectivity index (χ0n) is 11.1. The lowest BCUT2D eigenvalue weighted by Crippen LogP contribution is -2.26. The summed E-state index contributed by atoms with van der Waals surface area (Å²) in [7, 11) is 0. The summed E-state index contributed by atoms with van der Waals surface area (Å²) in [5.41, 5.74) is 1.41. The highest BCUT2D eigenvalue weighted by Gasteiger charge is 2.25. The number of nitrogens with zero attached hydrogens (tertiary/aromatic N) is 1. The van der Waals surface area contributed by atoms with Crippen LogP contribution < -0.4 is 0 Å². The molecule has 0 atom stereocenters. The Balaban J connectivity index is 4.60. The highest BCUT2D eigenvalue weighted by molar-refractivity contribution is 5.89. The molecule has 0 aliphatic rings. The van der Waals surface area contributed by atoms with Gasteiger partial charge in [0.1, 0.15) is 6.61 Å². The first-order valence-corrected chi connectivity index (χ1v) is 5.47. The fourth-order valence-corrected chi connectivity index (χ4v) is 1.10. The first-order valence-electron chi connectivity index (χ1n) is 5.47. The largest absolute Gasteiger partial charge is 0.392 e. The van der Waals surface area contributed by atoms with Gasteiger partial charge in [-0.25, -0.2) is 0 Å². The van der Waals surface area contributed by atoms with Gasteiger partial charge in [0, 0.05) is 5.41 Å². The highest BCUT2D eigenvalue weighted by atomic mass is 16.6. The molecule has 0 N–H and O–H groups in total. The van der Waals surface area contributed by atoms with E-state index in [2.05, 4.69) is 53.3 Å². The minimum absolute atomic E-state index is 0.0639. The number of hydrogen-bond acceptors (Lipinski definition) is 2. The fraction of sp³-hybridized carbons (Fsp3) is 0.769. The molecule has 0 saturated heterocycles. The second-order valence-corrected chi connectivity index (χ2v) is 6.11. The van der Waals surface area contributed by atoms with Crippen molar-refractivity contribution in [2.24, 2.45) is 16.0 Å². The zero-order chi connectivity index (χ0) is 12.1. The summed E-state index contributed by atoms with van der Waals surface area (Å²) in [5.74, 6) is 0. The van der Waals surface area contributed by atoms with Gasteiger partial charge in [0.05, 0.1) is 5.71 Å². The molecule has 0 radical (unpaired) electrons. The van der Waals surface area contributed by atoms with Gasteiger partial charge in [-0.3, -0.25) is 0 Å². The van der Waals surface area contributed by atoms with Crippen molar-refractivity contribution in [2.45, 2.75) is 48.0 Å². The zero-order valence-corrected chi connectivity index (χ0v) is 11.1. The summed E-state index contributed by atoms with van der Waals surface area (Å²) in [6.07, 6.45) is 2.66. The van der Waals surface area contributed by atoms with Crippen molar-refractivity contribution in [3.63, 3.8) is 0 Å². The van der Waals surface area contributed by atoms with Crippen LogP contribution in [0.2, 0.25) is 0 Å². The van der Waals surface area contributed by atoms with Crippen LogP contribution >= 0.6 is 0 Å². The Kier molecular flexibility index (Phi) is 5.06. The third kappa shape index (κ3) is 7.18. The lowest BCUT2D eigenvalue weighted by molar-refractivity contribution is 0.168. The molecule has 0 saturated carbocycles. The Morgan fingerprint density at radius 1 is 1.20 bits per heavy atom. The van der Waals surface area contributed by atoms with Crippen LogP contribution in [0.5, 0.6) is 0 Å². The molecule has 15 heavy (non-hydrogen) atoms. The van der Waals surface area contributed by atoms with Gasteiger partial charge in [-0.2, -0.15) is 0 Å². The van der Waals surface area contributed by atoms with Gasteiger partial charge in [0.15, 0.2) is 0 Å². The van der Waals surface area contributed by atoms with Gasteiger partial charge < -0.3 is 4.84 Å². The molecule has 2 heteroatoms. The van der Waals surface area contributed by atoms with Crippen LogP contribution in [0.25, 0.3) is 0 Å². The van der Waals surface area contributed by atoms with E-state index in [1.807, 2.05) is 0 Å². The molecule has 0 aliphatic heterocycles. The van der Waals surface area contributed by atoms with E-state index in [0.29, 0.717) is 6.61 Å². The van der Waals surface area contributed by atoms with E-state index in [9.17, 15) is 0 Å². The number of hydrogen-bond donors (Lipinski definition) is 0. The molecular formula is C13H25NO. The Morgan fingerprint density at radius 2 is 1.73 bits per heavy atom. The maximum atomic E-state index is 5.19. The van der Waals surface area contributed by atoms with Crippen LogP contribution in [-0.2, 0) is 4.84 Å². The Morgan fingerprint density at radius 3 is 2.07 bits per heavy atom. The SMILES string of the molecule is C=CCO/N=C(\CC(C)(C)C)C(C)(C)C. The van der Waals surface area contributed by atoms with E-state index >= 15 is 0 Å². The molecule has 2 nitrogen and oxygen atoms in total. The molecule has 0 amide bonds. The Hall–Kier alpha value is -0.790. The average Bonchev–Trinajstić information content (AvgIpc) is 1.99. The molecule has 0 heterocycles. The molecule has 0 fully saturated rings. The summed E-state index contributed by atoms with van der Waals surface area (Å²) in [6, 6.07) is 0. The standard InChI is InChI=1S/C13H25NO/c1-8-9-15-14-11(13(5,6)7)10-12(2,3)4/h8H,1,9-10H2,2-7H3/b14-11+. The van der Waals surface area contributed by atoms with Crippen LogP contribution in [0.1, 0.15) is 48.0 Å². The van der Waals surface area contributed by atoms with Crippen molar-refractivity contribution in [2.75, 3.05) is 6.61 Å². The van der Waals surface area contributed by atoms with E-state index in [4.69, 9.17) is 4.84 Å². The first kappa shape index (κ1) is 14.2. The number of oxime groups is 1. The van der Waals surface area contributed by atoms with Crippen LogP contribution in [0.3, 0.4) is 0 Å². The Labute approximate surface area is 94.4 Å². The van der Waals surface area contributed by atoms with Crippen LogP contribution in [0.15, 0.2) is 17.8 Å². The third-order valence-corrected chi connectivity index (χ3v) is 1.93. The molecule has 0 aliphatic carbocycles. The van der Waals surface area contributed by atoms with Gasteiger partial charge >= 0.3 is 0 Å². The predicted molar refractivity (Wildman–Crippen MR) is 67.1 cm³/mol. The topological polar surface area (TPSA) is 21.6 Å². The van der Waals surface area contributed by atoms with Crippen molar-refractivity contribution < 1.29 is 4.84 Å². The Bertz CT molecular complexity index is 228. The second-order valence-electron chi connectivity index (χ2n) is 6.11. The minimum Gasteiger partial charge on any atom is -0.392 e. The van der Waals surface area contributed by atoms with E-state index in [0.717, 1.165) is 12.1 Å². The van der Waals surface area contributed by atoms with E-state index in [1.54, 1.807) is 6.08 Å². The lowest BCUT2D eigenvalue weighted by atomic mass is 9.79. The summed E-state index contributed by atoms with van der Waals surface area (Å²) in [6.45, 7) is 17.2. The maximum Gasteiger partial charge on any atom is 0.135 e. The molecule has 88 valence electrons. The van der Waals surface area contributed by atoms with Crippen molar-refractivity contribution in [1.29, 1.82) is 0 Å². The molecule has 0 bridgehead atoms. The number of rotatable bonds is 4. The van der Waals surface area contributed by atoms with Gasteiger partial charge in [0.25, 0.3) is 0 Å². The molecule has 0 unspecified atom stereocenters. The van der Waals surface area contributed by atoms with E-state index in [-0.39, 0.29) is 10.8 Å². The van der Waals surface area contributed by atoms with Crippen LogP contribution in [0, 0.1) is 10.8 Å². The van der Waals surface area contributed by atoms with Crippen molar-refractivity contribution in [3.05, 3.63) is 12.7 Å². The molecular weight excluding hydrogens is 186 g/mol. The monoisotopic (exact) mass is 211 g/mol. The lowest BCUT2D eigenvalue weighted by Gasteiger charge is -2.27. The summed E-state index contributed by atoms with van der Waals surface area (Å²) >= 11 is 0. The summed E-state index contributed by atoms with van der Waals surface area (Å²) in [5, 5.41) is 4.22. The van der Waals surface area contributed by atoms with Gasteiger partial charge in [-0.05, 0) is 11.8 Å². The average molecular weight is 211 g/mol. The third-order valence-electron chi connectivity index (χ3n) is 1.93. The van der Waals surface area contributed by atoms with E-state index < -0.39 is 0 Å². The van der Waals surface area contributed by atoms with E-state index in [1.165, 1.54) is 0 Å². The quantitative estimate of drug-likeness (QED) is 0.298. The molecule has 0 spiro atoms. The predicted octanol–water partition coefficient (Wildman–Crippen LogP) is 4.03. The summed E-state index contributed by atoms with van der Waals surface area (Å²) < 4.78 is 0. The minimum atomic E-state index is 0.0639. The smallest absolute Gasteiger partial charge is 0.135 e. The maximum absolute atomic E-state index is 5.19.